The van der Waals surface area contributed by atoms with Gasteiger partial charge in [-0.05, 0) is 23.8 Å². The highest BCUT2D eigenvalue weighted by Crippen LogP contribution is 2.12. The lowest BCUT2D eigenvalue weighted by molar-refractivity contribution is -0.104. The van der Waals surface area contributed by atoms with Gasteiger partial charge in [0.1, 0.15) is 11.9 Å². The molecule has 0 saturated carbocycles. The van der Waals surface area contributed by atoms with E-state index in [0.717, 1.165) is 5.56 Å². The molecule has 1 aromatic carbocycles. The van der Waals surface area contributed by atoms with Crippen LogP contribution < -0.4 is 5.43 Å². The van der Waals surface area contributed by atoms with E-state index in [9.17, 15) is 9.59 Å². The first-order chi connectivity index (χ1) is 7.31. The van der Waals surface area contributed by atoms with Crippen LogP contribution in [0.3, 0.4) is 0 Å². The predicted molar refractivity (Wildman–Crippen MR) is 57.6 cm³/mol. The van der Waals surface area contributed by atoms with Gasteiger partial charge in [-0.25, -0.2) is 0 Å². The van der Waals surface area contributed by atoms with Gasteiger partial charge in [0.25, 0.3) is 0 Å². The van der Waals surface area contributed by atoms with Crippen molar-refractivity contribution in [3.8, 4) is 0 Å². The largest absolute Gasteiger partial charge is 0.464 e. The Morgan fingerprint density at radius 1 is 1.20 bits per heavy atom. The second kappa shape index (κ2) is 3.92. The fourth-order valence-electron chi connectivity index (χ4n) is 1.36. The van der Waals surface area contributed by atoms with Crippen LogP contribution in [0.4, 0.5) is 0 Å². The minimum absolute atomic E-state index is 0.0856. The lowest BCUT2D eigenvalue weighted by Crippen LogP contribution is -1.97. The number of aldehydes is 1. The Labute approximate surface area is 85.6 Å². The summed E-state index contributed by atoms with van der Waals surface area (Å²) in [5, 5.41) is 0.519. The van der Waals surface area contributed by atoms with Gasteiger partial charge in [0.15, 0.2) is 5.43 Å². The van der Waals surface area contributed by atoms with E-state index in [-0.39, 0.29) is 5.43 Å². The molecule has 2 aromatic rings. The summed E-state index contributed by atoms with van der Waals surface area (Å²) in [6.45, 7) is 0. The van der Waals surface area contributed by atoms with Gasteiger partial charge in [0.2, 0.25) is 0 Å². The third kappa shape index (κ3) is 1.86. The third-order valence-electron chi connectivity index (χ3n) is 2.05. The highest BCUT2D eigenvalue weighted by molar-refractivity contribution is 5.81. The molecule has 0 aliphatic carbocycles. The first kappa shape index (κ1) is 9.40. The number of carbonyl (C=O) groups is 1. The van der Waals surface area contributed by atoms with Gasteiger partial charge in [-0.1, -0.05) is 12.1 Å². The van der Waals surface area contributed by atoms with Crippen LogP contribution in [-0.4, -0.2) is 6.29 Å². The molecule has 0 amide bonds. The number of allylic oxidation sites excluding steroid dienone is 1. The first-order valence-corrected chi connectivity index (χ1v) is 4.45. The molecule has 0 aliphatic heterocycles. The van der Waals surface area contributed by atoms with Crippen molar-refractivity contribution < 1.29 is 9.21 Å². The second-order valence-electron chi connectivity index (χ2n) is 3.04. The van der Waals surface area contributed by atoms with Gasteiger partial charge in [-0.3, -0.25) is 9.59 Å². The van der Waals surface area contributed by atoms with Crippen LogP contribution in [-0.2, 0) is 4.79 Å². The van der Waals surface area contributed by atoms with Gasteiger partial charge in [-0.2, -0.15) is 0 Å². The average molecular weight is 200 g/mol. The molecular weight excluding hydrogens is 192 g/mol. The summed E-state index contributed by atoms with van der Waals surface area (Å²) in [5.74, 6) is 0. The molecule has 3 heteroatoms. The van der Waals surface area contributed by atoms with E-state index in [1.165, 1.54) is 18.4 Å². The number of benzene rings is 1. The number of rotatable bonds is 2. The molecule has 0 bridgehead atoms. The Morgan fingerprint density at radius 3 is 2.87 bits per heavy atom. The molecule has 0 fully saturated rings. The van der Waals surface area contributed by atoms with Crippen molar-refractivity contribution in [2.45, 2.75) is 0 Å². The molecule has 1 heterocycles. The minimum atomic E-state index is -0.0856. The molecule has 0 saturated heterocycles. The fraction of sp³-hybridized carbons (Fsp3) is 0. The van der Waals surface area contributed by atoms with Crippen molar-refractivity contribution in [1.82, 2.24) is 0 Å². The highest BCUT2D eigenvalue weighted by Gasteiger charge is 1.99. The zero-order chi connectivity index (χ0) is 10.7. The Morgan fingerprint density at radius 2 is 2.07 bits per heavy atom. The molecule has 3 nitrogen and oxygen atoms in total. The zero-order valence-corrected chi connectivity index (χ0v) is 7.84. The standard InChI is InChI=1S/C12H8O3/c13-6-1-2-9-3-4-12-10(8-9)11(14)5-7-15-12/h1-8H. The van der Waals surface area contributed by atoms with Crippen LogP contribution in [0.5, 0.6) is 0 Å². The van der Waals surface area contributed by atoms with E-state index < -0.39 is 0 Å². The maximum absolute atomic E-state index is 11.5. The SMILES string of the molecule is O=CC=Cc1ccc2occc(=O)c2c1. The van der Waals surface area contributed by atoms with Crippen molar-refractivity contribution in [3.05, 3.63) is 52.4 Å². The van der Waals surface area contributed by atoms with Gasteiger partial charge in [0.05, 0.1) is 11.6 Å². The summed E-state index contributed by atoms with van der Waals surface area (Å²) in [6, 6.07) is 6.56. The Kier molecular flexibility index (Phi) is 2.46. The molecule has 0 spiro atoms. The van der Waals surface area contributed by atoms with Crippen molar-refractivity contribution in [2.75, 3.05) is 0 Å². The van der Waals surface area contributed by atoms with Gasteiger partial charge in [-0.15, -0.1) is 0 Å². The fourth-order valence-corrected chi connectivity index (χ4v) is 1.36. The topological polar surface area (TPSA) is 47.3 Å². The van der Waals surface area contributed by atoms with E-state index >= 15 is 0 Å². The molecule has 74 valence electrons. The molecule has 1 aromatic heterocycles. The molecular formula is C12H8O3. The minimum Gasteiger partial charge on any atom is -0.464 e. The van der Waals surface area contributed by atoms with Crippen molar-refractivity contribution in [2.24, 2.45) is 0 Å². The summed E-state index contributed by atoms with van der Waals surface area (Å²) in [5.41, 5.74) is 1.26. The smallest absolute Gasteiger partial charge is 0.192 e. The highest BCUT2D eigenvalue weighted by atomic mass is 16.3. The molecule has 0 radical (unpaired) electrons. The maximum Gasteiger partial charge on any atom is 0.192 e. The van der Waals surface area contributed by atoms with E-state index in [2.05, 4.69) is 0 Å². The number of hydrogen-bond acceptors (Lipinski definition) is 3. The summed E-state index contributed by atoms with van der Waals surface area (Å²) in [6.07, 6.45) is 5.08. The number of fused-ring (bicyclic) bond motifs is 1. The van der Waals surface area contributed by atoms with Gasteiger partial charge in [0, 0.05) is 6.07 Å². The Hall–Kier alpha value is -2.16. The zero-order valence-electron chi connectivity index (χ0n) is 7.84. The number of hydrogen-bond donors (Lipinski definition) is 0. The molecule has 0 atom stereocenters. The summed E-state index contributed by atoms with van der Waals surface area (Å²) in [7, 11) is 0. The normalized spacial score (nSPS) is 10.9. The van der Waals surface area contributed by atoms with E-state index in [1.54, 1.807) is 24.3 Å². The van der Waals surface area contributed by atoms with E-state index in [1.807, 2.05) is 0 Å². The lowest BCUT2D eigenvalue weighted by Gasteiger charge is -1.96. The monoisotopic (exact) mass is 200 g/mol. The van der Waals surface area contributed by atoms with Crippen LogP contribution in [0.1, 0.15) is 5.56 Å². The van der Waals surface area contributed by atoms with Crippen LogP contribution in [0.2, 0.25) is 0 Å². The van der Waals surface area contributed by atoms with Crippen LogP contribution in [0.25, 0.3) is 17.0 Å². The maximum atomic E-state index is 11.5. The van der Waals surface area contributed by atoms with Gasteiger partial charge >= 0.3 is 0 Å². The summed E-state index contributed by atoms with van der Waals surface area (Å²) < 4.78 is 5.16. The van der Waals surface area contributed by atoms with Crippen LogP contribution in [0, 0.1) is 0 Å². The van der Waals surface area contributed by atoms with Gasteiger partial charge < -0.3 is 4.42 Å². The third-order valence-corrected chi connectivity index (χ3v) is 2.05. The summed E-state index contributed by atoms with van der Waals surface area (Å²) in [4.78, 5) is 21.6. The van der Waals surface area contributed by atoms with Crippen molar-refractivity contribution in [3.63, 3.8) is 0 Å². The first-order valence-electron chi connectivity index (χ1n) is 4.45. The van der Waals surface area contributed by atoms with Crippen molar-refractivity contribution in [1.29, 1.82) is 0 Å². The van der Waals surface area contributed by atoms with E-state index in [4.69, 9.17) is 4.42 Å². The second-order valence-corrected chi connectivity index (χ2v) is 3.04. The van der Waals surface area contributed by atoms with Crippen LogP contribution in [0.15, 0.2) is 45.8 Å². The predicted octanol–water partition coefficient (Wildman–Crippen LogP) is 2.01. The molecule has 2 rings (SSSR count). The quantitative estimate of drug-likeness (QED) is 0.550. The molecule has 15 heavy (non-hydrogen) atoms. The Bertz CT molecular complexity index is 579. The lowest BCUT2D eigenvalue weighted by atomic mass is 10.1. The molecule has 0 N–H and O–H groups in total. The molecule has 0 aliphatic rings. The number of carbonyl (C=O) groups excluding carboxylic acids is 1. The van der Waals surface area contributed by atoms with Crippen LogP contribution >= 0.6 is 0 Å². The molecule has 0 unspecified atom stereocenters. The average Bonchev–Trinajstić information content (AvgIpc) is 2.27. The summed E-state index contributed by atoms with van der Waals surface area (Å²) >= 11 is 0. The Balaban J connectivity index is 2.64. The van der Waals surface area contributed by atoms with Crippen molar-refractivity contribution >= 4 is 23.3 Å². The van der Waals surface area contributed by atoms with E-state index in [0.29, 0.717) is 17.3 Å².